The number of nitrogens with one attached hydrogen (secondary N) is 1. The third-order valence-electron chi connectivity index (χ3n) is 5.46. The molecule has 2 heterocycles. The second-order valence-electron chi connectivity index (χ2n) is 7.69. The maximum absolute atomic E-state index is 13.0. The Bertz CT molecular complexity index is 1240. The molecular formula is C23H25N3O5S. The van der Waals surface area contributed by atoms with Crippen LogP contribution in [-0.4, -0.2) is 49.9 Å². The lowest BCUT2D eigenvalue weighted by atomic mass is 10.1. The Balaban J connectivity index is 1.59. The summed E-state index contributed by atoms with van der Waals surface area (Å²) in [4.78, 5) is 17.5. The summed E-state index contributed by atoms with van der Waals surface area (Å²) in [6.45, 7) is 6.80. The first-order chi connectivity index (χ1) is 15.3. The van der Waals surface area contributed by atoms with Crippen molar-refractivity contribution in [2.75, 3.05) is 31.6 Å². The fourth-order valence-corrected chi connectivity index (χ4v) is 4.90. The predicted molar refractivity (Wildman–Crippen MR) is 120 cm³/mol. The average Bonchev–Trinajstić information content (AvgIpc) is 3.13. The molecule has 2 aromatic carbocycles. The third kappa shape index (κ3) is 4.45. The minimum atomic E-state index is -3.70. The molecule has 0 bridgehead atoms. The maximum Gasteiger partial charge on any atom is 0.255 e. The fourth-order valence-electron chi connectivity index (χ4n) is 3.47. The first-order valence-corrected chi connectivity index (χ1v) is 11.7. The summed E-state index contributed by atoms with van der Waals surface area (Å²) in [5.41, 5.74) is 3.08. The molecule has 168 valence electrons. The van der Waals surface area contributed by atoms with Gasteiger partial charge in [0.25, 0.3) is 5.91 Å². The first kappa shape index (κ1) is 22.2. The topological polar surface area (TPSA) is 102 Å². The molecule has 4 rings (SSSR count). The molecule has 32 heavy (non-hydrogen) atoms. The minimum absolute atomic E-state index is 0.0923. The zero-order valence-electron chi connectivity index (χ0n) is 18.2. The maximum atomic E-state index is 13.0. The SMILES string of the molecule is Cc1ccc(S(=O)(=O)N2CCOCC2)cc1C(=O)Nc1cccc(-c2nc(C)c(C)o2)c1. The number of anilines is 1. The summed E-state index contributed by atoms with van der Waals surface area (Å²) in [5.74, 6) is 0.827. The number of aromatic nitrogens is 1. The zero-order chi connectivity index (χ0) is 22.9. The van der Waals surface area contributed by atoms with Gasteiger partial charge in [0.1, 0.15) is 5.76 Å². The molecule has 8 nitrogen and oxygen atoms in total. The van der Waals surface area contributed by atoms with Crippen molar-refractivity contribution in [2.45, 2.75) is 25.7 Å². The van der Waals surface area contributed by atoms with Crippen LogP contribution in [-0.2, 0) is 14.8 Å². The summed E-state index contributed by atoms with van der Waals surface area (Å²) < 4.78 is 38.3. The normalized spacial score (nSPS) is 15.0. The standard InChI is InChI=1S/C23H25N3O5S/c1-15-7-8-20(32(28,29)26-9-11-30-12-10-26)14-21(15)22(27)25-19-6-4-5-18(13-19)23-24-16(2)17(3)31-23/h4-8,13-14H,9-12H2,1-3H3,(H,25,27). The lowest BCUT2D eigenvalue weighted by Gasteiger charge is -2.26. The van der Waals surface area contributed by atoms with Crippen LogP contribution in [0.3, 0.4) is 0 Å². The highest BCUT2D eigenvalue weighted by Gasteiger charge is 2.27. The van der Waals surface area contributed by atoms with E-state index in [0.717, 1.165) is 17.0 Å². The van der Waals surface area contributed by atoms with E-state index in [-0.39, 0.29) is 4.90 Å². The van der Waals surface area contributed by atoms with Crippen molar-refractivity contribution in [1.29, 1.82) is 0 Å². The molecule has 1 aromatic heterocycles. The number of carbonyl (C=O) groups excluding carboxylic acids is 1. The molecule has 1 aliphatic heterocycles. The third-order valence-corrected chi connectivity index (χ3v) is 7.35. The molecule has 0 unspecified atom stereocenters. The number of hydrogen-bond acceptors (Lipinski definition) is 6. The van der Waals surface area contributed by atoms with E-state index in [1.165, 1.54) is 16.4 Å². The average molecular weight is 456 g/mol. The molecule has 0 saturated carbocycles. The van der Waals surface area contributed by atoms with E-state index in [0.29, 0.717) is 49.0 Å². The van der Waals surface area contributed by atoms with Gasteiger partial charge < -0.3 is 14.5 Å². The number of amides is 1. The van der Waals surface area contributed by atoms with Crippen molar-refractivity contribution >= 4 is 21.6 Å². The van der Waals surface area contributed by atoms with Crippen molar-refractivity contribution in [3.05, 3.63) is 65.0 Å². The zero-order valence-corrected chi connectivity index (χ0v) is 19.0. The monoisotopic (exact) mass is 455 g/mol. The second-order valence-corrected chi connectivity index (χ2v) is 9.63. The molecule has 0 aliphatic carbocycles. The number of morpholine rings is 1. The summed E-state index contributed by atoms with van der Waals surface area (Å²) in [6.07, 6.45) is 0. The van der Waals surface area contributed by atoms with Gasteiger partial charge in [0.05, 0.1) is 23.8 Å². The van der Waals surface area contributed by atoms with Crippen molar-refractivity contribution in [3.8, 4) is 11.5 Å². The van der Waals surface area contributed by atoms with Crippen LogP contribution in [0.2, 0.25) is 0 Å². The van der Waals surface area contributed by atoms with Gasteiger partial charge in [-0.1, -0.05) is 12.1 Å². The Morgan fingerprint density at radius 3 is 2.50 bits per heavy atom. The Labute approximate surface area is 187 Å². The number of oxazole rings is 1. The Morgan fingerprint density at radius 2 is 1.81 bits per heavy atom. The number of benzene rings is 2. The van der Waals surface area contributed by atoms with Gasteiger partial charge in [-0.2, -0.15) is 4.31 Å². The van der Waals surface area contributed by atoms with Gasteiger partial charge in [0.15, 0.2) is 0 Å². The van der Waals surface area contributed by atoms with Crippen LogP contribution in [0.1, 0.15) is 27.4 Å². The predicted octanol–water partition coefficient (Wildman–Crippen LogP) is 3.54. The van der Waals surface area contributed by atoms with Crippen molar-refractivity contribution in [2.24, 2.45) is 0 Å². The van der Waals surface area contributed by atoms with Crippen LogP contribution >= 0.6 is 0 Å². The number of rotatable bonds is 5. The molecule has 1 saturated heterocycles. The molecule has 1 fully saturated rings. The van der Waals surface area contributed by atoms with E-state index in [1.807, 2.05) is 19.9 Å². The highest BCUT2D eigenvalue weighted by molar-refractivity contribution is 7.89. The summed E-state index contributed by atoms with van der Waals surface area (Å²) in [7, 11) is -3.70. The summed E-state index contributed by atoms with van der Waals surface area (Å²) in [6, 6.07) is 11.8. The summed E-state index contributed by atoms with van der Waals surface area (Å²) >= 11 is 0. The van der Waals surface area contributed by atoms with E-state index >= 15 is 0 Å². The van der Waals surface area contributed by atoms with Gasteiger partial charge in [-0.3, -0.25) is 4.79 Å². The Hall–Kier alpha value is -3.01. The van der Waals surface area contributed by atoms with Gasteiger partial charge >= 0.3 is 0 Å². The van der Waals surface area contributed by atoms with Crippen LogP contribution in [0.4, 0.5) is 5.69 Å². The van der Waals surface area contributed by atoms with Gasteiger partial charge in [-0.25, -0.2) is 13.4 Å². The number of hydrogen-bond donors (Lipinski definition) is 1. The van der Waals surface area contributed by atoms with E-state index in [4.69, 9.17) is 9.15 Å². The fraction of sp³-hybridized carbons (Fsp3) is 0.304. The molecule has 9 heteroatoms. The number of ether oxygens (including phenoxy) is 1. The van der Waals surface area contributed by atoms with Gasteiger partial charge in [0, 0.05) is 29.9 Å². The number of aryl methyl sites for hydroxylation is 3. The quantitative estimate of drug-likeness (QED) is 0.631. The van der Waals surface area contributed by atoms with E-state index in [1.54, 1.807) is 31.2 Å². The molecule has 1 N–H and O–H groups in total. The van der Waals surface area contributed by atoms with Crippen molar-refractivity contribution in [1.82, 2.24) is 9.29 Å². The van der Waals surface area contributed by atoms with Gasteiger partial charge in [-0.15, -0.1) is 0 Å². The molecule has 0 spiro atoms. The van der Waals surface area contributed by atoms with Crippen LogP contribution in [0.5, 0.6) is 0 Å². The van der Waals surface area contributed by atoms with Crippen LogP contribution in [0.15, 0.2) is 51.8 Å². The first-order valence-electron chi connectivity index (χ1n) is 10.3. The Kier molecular flexibility index (Phi) is 6.14. The van der Waals surface area contributed by atoms with Crippen LogP contribution < -0.4 is 5.32 Å². The van der Waals surface area contributed by atoms with Gasteiger partial charge in [-0.05, 0) is 56.7 Å². The number of carbonyl (C=O) groups is 1. The lowest BCUT2D eigenvalue weighted by Crippen LogP contribution is -2.40. The van der Waals surface area contributed by atoms with E-state index < -0.39 is 15.9 Å². The minimum Gasteiger partial charge on any atom is -0.441 e. The smallest absolute Gasteiger partial charge is 0.255 e. The molecule has 1 aliphatic rings. The van der Waals surface area contributed by atoms with E-state index in [9.17, 15) is 13.2 Å². The molecule has 0 atom stereocenters. The van der Waals surface area contributed by atoms with E-state index in [2.05, 4.69) is 10.3 Å². The summed E-state index contributed by atoms with van der Waals surface area (Å²) in [5, 5.41) is 2.85. The highest BCUT2D eigenvalue weighted by atomic mass is 32.2. The van der Waals surface area contributed by atoms with Gasteiger partial charge in [0.2, 0.25) is 15.9 Å². The molecular weight excluding hydrogens is 430 g/mol. The number of nitrogens with zero attached hydrogens (tertiary/aromatic N) is 2. The molecule has 3 aromatic rings. The molecule has 1 amide bonds. The number of sulfonamides is 1. The lowest BCUT2D eigenvalue weighted by molar-refractivity contribution is 0.0730. The molecule has 0 radical (unpaired) electrons. The largest absolute Gasteiger partial charge is 0.441 e. The Morgan fingerprint density at radius 1 is 1.06 bits per heavy atom. The van der Waals surface area contributed by atoms with Crippen LogP contribution in [0.25, 0.3) is 11.5 Å². The second kappa shape index (κ2) is 8.85. The van der Waals surface area contributed by atoms with Crippen molar-refractivity contribution in [3.63, 3.8) is 0 Å². The highest BCUT2D eigenvalue weighted by Crippen LogP contribution is 2.25. The van der Waals surface area contributed by atoms with Crippen molar-refractivity contribution < 1.29 is 22.4 Å². The van der Waals surface area contributed by atoms with Crippen LogP contribution in [0, 0.1) is 20.8 Å².